The van der Waals surface area contributed by atoms with Gasteiger partial charge in [0.15, 0.2) is 13.2 Å². The molecule has 0 aliphatic heterocycles. The molecular weight excluding hydrogens is 584 g/mol. The predicted octanol–water partition coefficient (Wildman–Crippen LogP) is 5.04. The van der Waals surface area contributed by atoms with Gasteiger partial charge in [-0.25, -0.2) is 0 Å². The Kier molecular flexibility index (Phi) is 7.74. The number of hydrazine groups is 1. The van der Waals surface area contributed by atoms with E-state index in [1.54, 1.807) is 12.1 Å². The topological polar surface area (TPSA) is 76.7 Å². The molecule has 0 radical (unpaired) electrons. The summed E-state index contributed by atoms with van der Waals surface area (Å²) in [6, 6.07) is 15.1. The smallest absolute Gasteiger partial charge is 0.276 e. The van der Waals surface area contributed by atoms with E-state index in [9.17, 15) is 9.59 Å². The molecule has 0 heterocycles. The summed E-state index contributed by atoms with van der Waals surface area (Å²) in [6.07, 6.45) is 0. The Morgan fingerprint density at radius 1 is 0.833 bits per heavy atom. The molecule has 3 rings (SSSR count). The molecule has 0 aliphatic rings. The van der Waals surface area contributed by atoms with Gasteiger partial charge in [0.2, 0.25) is 0 Å². The maximum Gasteiger partial charge on any atom is 0.276 e. The summed E-state index contributed by atoms with van der Waals surface area (Å²) in [6.45, 7) is 1.45. The average Bonchev–Trinajstić information content (AvgIpc) is 2.71. The second-order valence-electron chi connectivity index (χ2n) is 6.35. The molecule has 6 nitrogen and oxygen atoms in total. The molecular formula is C21H17Br3N2O4. The molecule has 9 heteroatoms. The Morgan fingerprint density at radius 2 is 1.47 bits per heavy atom. The molecule has 156 valence electrons. The summed E-state index contributed by atoms with van der Waals surface area (Å²) in [5.41, 5.74) is 5.66. The zero-order chi connectivity index (χ0) is 21.7. The second kappa shape index (κ2) is 10.3. The third-order valence-corrected chi connectivity index (χ3v) is 5.96. The molecule has 0 bridgehead atoms. The van der Waals surface area contributed by atoms with Crippen LogP contribution in [-0.4, -0.2) is 25.0 Å². The molecule has 3 aromatic carbocycles. The fourth-order valence-electron chi connectivity index (χ4n) is 2.58. The van der Waals surface area contributed by atoms with E-state index in [2.05, 4.69) is 58.6 Å². The number of nitrogens with one attached hydrogen (secondary N) is 2. The number of fused-ring (bicyclic) bond motifs is 1. The van der Waals surface area contributed by atoms with Gasteiger partial charge in [-0.3, -0.25) is 20.4 Å². The van der Waals surface area contributed by atoms with Gasteiger partial charge in [0.1, 0.15) is 11.5 Å². The second-order valence-corrected chi connectivity index (χ2v) is 8.91. The summed E-state index contributed by atoms with van der Waals surface area (Å²) in [7, 11) is 0. The monoisotopic (exact) mass is 598 g/mol. The highest BCUT2D eigenvalue weighted by Crippen LogP contribution is 2.34. The van der Waals surface area contributed by atoms with Gasteiger partial charge in [-0.2, -0.15) is 0 Å². The molecule has 3 aromatic rings. The van der Waals surface area contributed by atoms with Crippen molar-refractivity contribution in [1.29, 1.82) is 0 Å². The van der Waals surface area contributed by atoms with Crippen molar-refractivity contribution in [2.24, 2.45) is 0 Å². The molecule has 0 aliphatic carbocycles. The van der Waals surface area contributed by atoms with E-state index in [1.807, 2.05) is 43.3 Å². The number of carbonyl (C=O) groups excluding carboxylic acids is 2. The van der Waals surface area contributed by atoms with Crippen LogP contribution in [0.3, 0.4) is 0 Å². The van der Waals surface area contributed by atoms with Gasteiger partial charge >= 0.3 is 0 Å². The molecule has 0 saturated heterocycles. The largest absolute Gasteiger partial charge is 0.483 e. The van der Waals surface area contributed by atoms with Crippen LogP contribution in [0.25, 0.3) is 10.8 Å². The molecule has 0 saturated carbocycles. The van der Waals surface area contributed by atoms with Crippen molar-refractivity contribution in [3.8, 4) is 11.5 Å². The molecule has 0 spiro atoms. The van der Waals surface area contributed by atoms with E-state index in [4.69, 9.17) is 9.47 Å². The van der Waals surface area contributed by atoms with Crippen molar-refractivity contribution in [3.63, 3.8) is 0 Å². The van der Waals surface area contributed by atoms with Crippen molar-refractivity contribution in [2.75, 3.05) is 13.2 Å². The Bertz CT molecular complexity index is 1110. The first-order valence-corrected chi connectivity index (χ1v) is 11.2. The SMILES string of the molecule is Cc1ccc(OCC(=O)NNC(=O)COc2ccc3cc(Br)ccc3c2Br)c(Br)c1. The fourth-order valence-corrected chi connectivity index (χ4v) is 4.17. The molecule has 0 fully saturated rings. The lowest BCUT2D eigenvalue weighted by Gasteiger charge is -2.12. The number of ether oxygens (including phenoxy) is 2. The Morgan fingerprint density at radius 3 is 2.13 bits per heavy atom. The molecule has 0 unspecified atom stereocenters. The van der Waals surface area contributed by atoms with E-state index in [0.29, 0.717) is 11.5 Å². The summed E-state index contributed by atoms with van der Waals surface area (Å²) >= 11 is 10.3. The summed E-state index contributed by atoms with van der Waals surface area (Å²) in [5.74, 6) is 0.0772. The number of amides is 2. The van der Waals surface area contributed by atoms with Crippen molar-refractivity contribution in [3.05, 3.63) is 67.5 Å². The number of hydrogen-bond donors (Lipinski definition) is 2. The number of aryl methyl sites for hydroxylation is 1. The lowest BCUT2D eigenvalue weighted by Crippen LogP contribution is -2.45. The van der Waals surface area contributed by atoms with E-state index in [-0.39, 0.29) is 13.2 Å². The molecule has 30 heavy (non-hydrogen) atoms. The van der Waals surface area contributed by atoms with E-state index in [1.165, 1.54) is 0 Å². The quantitative estimate of drug-likeness (QED) is 0.389. The van der Waals surface area contributed by atoms with Crippen molar-refractivity contribution >= 4 is 70.4 Å². The van der Waals surface area contributed by atoms with Crippen LogP contribution in [0.15, 0.2) is 61.9 Å². The highest BCUT2D eigenvalue weighted by atomic mass is 79.9. The fraction of sp³-hybridized carbons (Fsp3) is 0.143. The Hall–Kier alpha value is -2.10. The molecule has 0 atom stereocenters. The van der Waals surface area contributed by atoms with Gasteiger partial charge in [0, 0.05) is 4.47 Å². The third kappa shape index (κ3) is 5.96. The van der Waals surface area contributed by atoms with Crippen LogP contribution in [0.1, 0.15) is 5.56 Å². The molecule has 2 N–H and O–H groups in total. The number of halogens is 3. The highest BCUT2D eigenvalue weighted by Gasteiger charge is 2.11. The van der Waals surface area contributed by atoms with Crippen LogP contribution in [-0.2, 0) is 9.59 Å². The minimum absolute atomic E-state index is 0.241. The number of rotatable bonds is 6. The lowest BCUT2D eigenvalue weighted by atomic mass is 10.1. The van der Waals surface area contributed by atoms with Gasteiger partial charge in [-0.1, -0.05) is 34.1 Å². The third-order valence-electron chi connectivity index (χ3n) is 4.03. The Labute approximate surface area is 198 Å². The number of benzene rings is 3. The van der Waals surface area contributed by atoms with E-state index in [0.717, 1.165) is 29.8 Å². The minimum atomic E-state index is -0.498. The molecule has 0 aromatic heterocycles. The highest BCUT2D eigenvalue weighted by molar-refractivity contribution is 9.11. The lowest BCUT2D eigenvalue weighted by molar-refractivity contribution is -0.131. The van der Waals surface area contributed by atoms with Crippen molar-refractivity contribution in [1.82, 2.24) is 10.9 Å². The zero-order valence-electron chi connectivity index (χ0n) is 15.8. The maximum atomic E-state index is 12.0. The van der Waals surface area contributed by atoms with Gasteiger partial charge in [0.05, 0.1) is 8.95 Å². The molecule has 2 amide bonds. The van der Waals surface area contributed by atoms with Gasteiger partial charge in [0.25, 0.3) is 11.8 Å². The Balaban J connectivity index is 1.46. The number of carbonyl (C=O) groups is 2. The first-order chi connectivity index (χ1) is 14.3. The summed E-state index contributed by atoms with van der Waals surface area (Å²) < 4.78 is 13.5. The minimum Gasteiger partial charge on any atom is -0.483 e. The van der Waals surface area contributed by atoms with Crippen LogP contribution in [0.5, 0.6) is 11.5 Å². The van der Waals surface area contributed by atoms with Gasteiger partial charge < -0.3 is 9.47 Å². The van der Waals surface area contributed by atoms with Crippen LogP contribution < -0.4 is 20.3 Å². The van der Waals surface area contributed by atoms with E-state index < -0.39 is 11.8 Å². The van der Waals surface area contributed by atoms with Gasteiger partial charge in [-0.05, 0) is 85.5 Å². The normalized spacial score (nSPS) is 10.5. The summed E-state index contributed by atoms with van der Waals surface area (Å²) in [4.78, 5) is 23.9. The van der Waals surface area contributed by atoms with Gasteiger partial charge in [-0.15, -0.1) is 0 Å². The van der Waals surface area contributed by atoms with Crippen molar-refractivity contribution < 1.29 is 19.1 Å². The maximum absolute atomic E-state index is 12.0. The van der Waals surface area contributed by atoms with E-state index >= 15 is 0 Å². The van der Waals surface area contributed by atoms with Crippen molar-refractivity contribution in [2.45, 2.75) is 6.92 Å². The van der Waals surface area contributed by atoms with Crippen LogP contribution in [0, 0.1) is 6.92 Å². The predicted molar refractivity (Wildman–Crippen MR) is 126 cm³/mol. The van der Waals surface area contributed by atoms with Crippen LogP contribution in [0.4, 0.5) is 0 Å². The van der Waals surface area contributed by atoms with Crippen LogP contribution >= 0.6 is 47.8 Å². The standard InChI is InChI=1S/C21H17Br3N2O4/c1-12-2-6-17(16(23)8-12)29-10-19(27)25-26-20(28)11-30-18-7-3-13-9-14(22)4-5-15(13)21(18)24/h2-9H,10-11H2,1H3,(H,25,27)(H,26,28). The first-order valence-electron chi connectivity index (χ1n) is 8.80. The zero-order valence-corrected chi connectivity index (χ0v) is 20.6. The average molecular weight is 601 g/mol. The number of hydrogen-bond acceptors (Lipinski definition) is 4. The summed E-state index contributed by atoms with van der Waals surface area (Å²) in [5, 5.41) is 1.99. The van der Waals surface area contributed by atoms with Crippen LogP contribution in [0.2, 0.25) is 0 Å². The first kappa shape index (κ1) is 22.6.